The van der Waals surface area contributed by atoms with E-state index in [0.717, 1.165) is 17.7 Å². The molecule has 1 heterocycles. The summed E-state index contributed by atoms with van der Waals surface area (Å²) in [5, 5.41) is 15.6. The Morgan fingerprint density at radius 2 is 2.21 bits per heavy atom. The summed E-state index contributed by atoms with van der Waals surface area (Å²) < 4.78 is 0. The van der Waals surface area contributed by atoms with Gasteiger partial charge in [0.1, 0.15) is 0 Å². The van der Waals surface area contributed by atoms with Crippen LogP contribution in [-0.2, 0) is 11.2 Å². The first-order chi connectivity index (χ1) is 6.52. The van der Waals surface area contributed by atoms with E-state index in [1.165, 1.54) is 0 Å². The number of carboxylic acids is 1. The van der Waals surface area contributed by atoms with Gasteiger partial charge in [-0.25, -0.2) is 0 Å². The van der Waals surface area contributed by atoms with Crippen LogP contribution >= 0.6 is 0 Å². The van der Waals surface area contributed by atoms with Gasteiger partial charge in [-0.15, -0.1) is 0 Å². The second-order valence-electron chi connectivity index (χ2n) is 3.96. The van der Waals surface area contributed by atoms with Gasteiger partial charge in [0.2, 0.25) is 0 Å². The lowest BCUT2D eigenvalue weighted by Crippen LogP contribution is -2.09. The summed E-state index contributed by atoms with van der Waals surface area (Å²) in [6, 6.07) is 0. The summed E-state index contributed by atoms with van der Waals surface area (Å²) in [7, 11) is 0. The summed E-state index contributed by atoms with van der Waals surface area (Å²) in [4.78, 5) is 10.8. The van der Waals surface area contributed by atoms with Gasteiger partial charge >= 0.3 is 5.97 Å². The summed E-state index contributed by atoms with van der Waals surface area (Å²) in [6.45, 7) is 5.86. The Kier molecular flexibility index (Phi) is 3.28. The van der Waals surface area contributed by atoms with Crippen molar-refractivity contribution in [1.29, 1.82) is 0 Å². The molecule has 4 nitrogen and oxygen atoms in total. The quantitative estimate of drug-likeness (QED) is 0.771. The largest absolute Gasteiger partial charge is 0.481 e. The minimum absolute atomic E-state index is 0.484. The maximum Gasteiger partial charge on any atom is 0.310 e. The van der Waals surface area contributed by atoms with Crippen molar-refractivity contribution in [2.75, 3.05) is 0 Å². The molecule has 0 saturated carbocycles. The number of aromatic amines is 1. The topological polar surface area (TPSA) is 66.0 Å². The van der Waals surface area contributed by atoms with Crippen molar-refractivity contribution in [2.24, 2.45) is 5.92 Å². The standard InChI is InChI=1S/C10H16N2O2/c1-6(2)4-9-8(5-11-12-9)7(3)10(13)14/h5-7H,4H2,1-3H3,(H,11,12)(H,13,14). The van der Waals surface area contributed by atoms with Crippen molar-refractivity contribution in [3.63, 3.8) is 0 Å². The van der Waals surface area contributed by atoms with Gasteiger partial charge in [0.15, 0.2) is 0 Å². The molecule has 0 saturated heterocycles. The summed E-state index contributed by atoms with van der Waals surface area (Å²) in [5.41, 5.74) is 1.74. The second-order valence-corrected chi connectivity index (χ2v) is 3.96. The van der Waals surface area contributed by atoms with Crippen LogP contribution < -0.4 is 0 Å². The highest BCUT2D eigenvalue weighted by Gasteiger charge is 2.19. The molecule has 0 aliphatic heterocycles. The molecule has 0 aliphatic rings. The van der Waals surface area contributed by atoms with Gasteiger partial charge in [0, 0.05) is 11.3 Å². The zero-order valence-corrected chi connectivity index (χ0v) is 8.74. The minimum atomic E-state index is -0.809. The highest BCUT2D eigenvalue weighted by molar-refractivity contribution is 5.75. The summed E-state index contributed by atoms with van der Waals surface area (Å²) >= 11 is 0. The third-order valence-corrected chi connectivity index (χ3v) is 2.20. The van der Waals surface area contributed by atoms with Crippen LogP contribution in [-0.4, -0.2) is 21.3 Å². The van der Waals surface area contributed by atoms with Crippen LogP contribution in [0.15, 0.2) is 6.20 Å². The monoisotopic (exact) mass is 196 g/mol. The molecule has 1 aromatic heterocycles. The van der Waals surface area contributed by atoms with Crippen LogP contribution in [0.3, 0.4) is 0 Å². The fraction of sp³-hybridized carbons (Fsp3) is 0.600. The lowest BCUT2D eigenvalue weighted by atomic mass is 9.97. The number of aromatic nitrogens is 2. The summed E-state index contributed by atoms with van der Waals surface area (Å²) in [6.07, 6.45) is 2.45. The van der Waals surface area contributed by atoms with Crippen LogP contribution in [0.25, 0.3) is 0 Å². The van der Waals surface area contributed by atoms with Crippen molar-refractivity contribution in [2.45, 2.75) is 33.1 Å². The number of H-pyrrole nitrogens is 1. The Morgan fingerprint density at radius 1 is 1.57 bits per heavy atom. The Labute approximate surface area is 83.3 Å². The van der Waals surface area contributed by atoms with Gasteiger partial charge in [-0.05, 0) is 19.3 Å². The number of rotatable bonds is 4. The number of nitrogens with one attached hydrogen (secondary N) is 1. The molecular formula is C10H16N2O2. The SMILES string of the molecule is CC(C)Cc1[nH]ncc1C(C)C(=O)O. The van der Waals surface area contributed by atoms with Crippen molar-refractivity contribution >= 4 is 5.97 Å². The highest BCUT2D eigenvalue weighted by atomic mass is 16.4. The molecule has 0 radical (unpaired) electrons. The third kappa shape index (κ3) is 2.34. The van der Waals surface area contributed by atoms with Crippen LogP contribution in [0.1, 0.15) is 37.9 Å². The van der Waals surface area contributed by atoms with Crippen LogP contribution in [0.2, 0.25) is 0 Å². The molecule has 1 rings (SSSR count). The number of carboxylic acid groups (broad SMARTS) is 1. The van der Waals surface area contributed by atoms with E-state index in [-0.39, 0.29) is 0 Å². The van der Waals surface area contributed by atoms with E-state index in [0.29, 0.717) is 5.92 Å². The van der Waals surface area contributed by atoms with Crippen molar-refractivity contribution in [3.05, 3.63) is 17.5 Å². The fourth-order valence-corrected chi connectivity index (χ4v) is 1.40. The number of carbonyl (C=O) groups is 1. The molecule has 1 aromatic rings. The van der Waals surface area contributed by atoms with Gasteiger partial charge in [0.05, 0.1) is 12.1 Å². The molecule has 2 N–H and O–H groups in total. The first kappa shape index (κ1) is 10.8. The Morgan fingerprint density at radius 3 is 2.71 bits per heavy atom. The van der Waals surface area contributed by atoms with E-state index in [4.69, 9.17) is 5.11 Å². The summed E-state index contributed by atoms with van der Waals surface area (Å²) in [5.74, 6) is -0.797. The first-order valence-corrected chi connectivity index (χ1v) is 4.77. The molecule has 4 heteroatoms. The number of hydrogen-bond donors (Lipinski definition) is 2. The number of nitrogens with zero attached hydrogens (tertiary/aromatic N) is 1. The van der Waals surface area contributed by atoms with Crippen LogP contribution in [0, 0.1) is 5.92 Å². The van der Waals surface area contributed by atoms with E-state index >= 15 is 0 Å². The molecule has 0 aliphatic carbocycles. The van der Waals surface area contributed by atoms with E-state index in [1.54, 1.807) is 13.1 Å². The molecule has 78 valence electrons. The Bertz CT molecular complexity index is 318. The first-order valence-electron chi connectivity index (χ1n) is 4.77. The average molecular weight is 196 g/mol. The van der Waals surface area contributed by atoms with Gasteiger partial charge in [0.25, 0.3) is 0 Å². The Hall–Kier alpha value is -1.32. The normalized spacial score (nSPS) is 13.1. The zero-order valence-electron chi connectivity index (χ0n) is 8.74. The van der Waals surface area contributed by atoms with Crippen molar-refractivity contribution in [1.82, 2.24) is 10.2 Å². The molecule has 14 heavy (non-hydrogen) atoms. The lowest BCUT2D eigenvalue weighted by molar-refractivity contribution is -0.138. The van der Waals surface area contributed by atoms with Crippen LogP contribution in [0.4, 0.5) is 0 Å². The zero-order chi connectivity index (χ0) is 10.7. The van der Waals surface area contributed by atoms with Gasteiger partial charge in [-0.3, -0.25) is 9.89 Å². The highest BCUT2D eigenvalue weighted by Crippen LogP contribution is 2.20. The van der Waals surface area contributed by atoms with Crippen molar-refractivity contribution in [3.8, 4) is 0 Å². The van der Waals surface area contributed by atoms with E-state index in [1.807, 2.05) is 0 Å². The maximum atomic E-state index is 10.8. The predicted molar refractivity (Wildman–Crippen MR) is 53.2 cm³/mol. The van der Waals surface area contributed by atoms with Gasteiger partial charge in [-0.2, -0.15) is 5.10 Å². The van der Waals surface area contributed by atoms with E-state index in [2.05, 4.69) is 24.0 Å². The van der Waals surface area contributed by atoms with Gasteiger partial charge < -0.3 is 5.11 Å². The van der Waals surface area contributed by atoms with Gasteiger partial charge in [-0.1, -0.05) is 13.8 Å². The molecule has 0 spiro atoms. The lowest BCUT2D eigenvalue weighted by Gasteiger charge is -2.08. The third-order valence-electron chi connectivity index (χ3n) is 2.20. The molecule has 0 aromatic carbocycles. The molecule has 1 unspecified atom stereocenters. The molecule has 0 bridgehead atoms. The Balaban J connectivity index is 2.86. The second kappa shape index (κ2) is 4.26. The van der Waals surface area contributed by atoms with Crippen LogP contribution in [0.5, 0.6) is 0 Å². The number of aliphatic carboxylic acids is 1. The molecule has 1 atom stereocenters. The minimum Gasteiger partial charge on any atom is -0.481 e. The average Bonchev–Trinajstić information content (AvgIpc) is 2.49. The fourth-order valence-electron chi connectivity index (χ4n) is 1.40. The maximum absolute atomic E-state index is 10.8. The molecule has 0 amide bonds. The van der Waals surface area contributed by atoms with Crippen molar-refractivity contribution < 1.29 is 9.90 Å². The molecule has 0 fully saturated rings. The number of hydrogen-bond acceptors (Lipinski definition) is 2. The predicted octanol–water partition coefficient (Wildman–Crippen LogP) is 1.80. The smallest absolute Gasteiger partial charge is 0.310 e. The van der Waals surface area contributed by atoms with E-state index < -0.39 is 11.9 Å². The molecular weight excluding hydrogens is 180 g/mol. The van der Waals surface area contributed by atoms with E-state index in [9.17, 15) is 4.79 Å².